The molecule has 0 aliphatic rings. The molecule has 1 heterocycles. The molecule has 1 aromatic heterocycles. The van der Waals surface area contributed by atoms with Gasteiger partial charge in [-0.05, 0) is 6.07 Å². The third-order valence-corrected chi connectivity index (χ3v) is 2.29. The van der Waals surface area contributed by atoms with Gasteiger partial charge in [0.05, 0.1) is 24.6 Å². The molecule has 0 saturated carbocycles. The Bertz CT molecular complexity index is 566. The maximum Gasteiger partial charge on any atom is 0.340 e. The van der Waals surface area contributed by atoms with Gasteiger partial charge in [0.1, 0.15) is 11.3 Å². The Hall–Kier alpha value is -2.30. The lowest BCUT2D eigenvalue weighted by molar-refractivity contribution is 0.0604. The predicted octanol–water partition coefficient (Wildman–Crippen LogP) is 1.31. The Morgan fingerprint density at radius 1 is 1.50 bits per heavy atom. The molecule has 0 radical (unpaired) electrons. The number of para-hydroxylation sites is 1. The van der Waals surface area contributed by atoms with E-state index in [1.807, 2.05) is 0 Å². The number of carbonyl (C=O) groups excluding carboxylic acids is 1. The lowest BCUT2D eigenvalue weighted by atomic mass is 10.1. The van der Waals surface area contributed by atoms with E-state index in [-0.39, 0.29) is 17.0 Å². The summed E-state index contributed by atoms with van der Waals surface area (Å²) in [5.74, 6) is -0.543. The van der Waals surface area contributed by atoms with Crippen LogP contribution in [-0.2, 0) is 4.74 Å². The lowest BCUT2D eigenvalue weighted by Gasteiger charge is -2.07. The summed E-state index contributed by atoms with van der Waals surface area (Å²) < 4.78 is 4.64. The SMILES string of the molecule is COC(=O)c1c(N)cnc2c(O)cccc12. The van der Waals surface area contributed by atoms with Crippen LogP contribution in [0.25, 0.3) is 10.9 Å². The molecule has 0 aliphatic heterocycles. The summed E-state index contributed by atoms with van der Waals surface area (Å²) in [4.78, 5) is 15.5. The third-order valence-electron chi connectivity index (χ3n) is 2.29. The molecule has 0 fully saturated rings. The fourth-order valence-electron chi connectivity index (χ4n) is 1.55. The van der Waals surface area contributed by atoms with Crippen LogP contribution >= 0.6 is 0 Å². The van der Waals surface area contributed by atoms with E-state index in [0.29, 0.717) is 10.9 Å². The zero-order valence-electron chi connectivity index (χ0n) is 8.60. The molecular formula is C11H10N2O3. The van der Waals surface area contributed by atoms with Crippen LogP contribution in [0.1, 0.15) is 10.4 Å². The third kappa shape index (κ3) is 1.42. The van der Waals surface area contributed by atoms with Crippen molar-refractivity contribution in [3.8, 4) is 5.75 Å². The van der Waals surface area contributed by atoms with E-state index < -0.39 is 5.97 Å². The van der Waals surface area contributed by atoms with Gasteiger partial charge < -0.3 is 15.6 Å². The van der Waals surface area contributed by atoms with Gasteiger partial charge in [-0.3, -0.25) is 4.98 Å². The maximum atomic E-state index is 11.5. The van der Waals surface area contributed by atoms with Crippen LogP contribution in [-0.4, -0.2) is 23.2 Å². The van der Waals surface area contributed by atoms with Crippen LogP contribution in [0.4, 0.5) is 5.69 Å². The molecule has 1 aromatic carbocycles. The van der Waals surface area contributed by atoms with Crippen LogP contribution in [0.5, 0.6) is 5.75 Å². The predicted molar refractivity (Wildman–Crippen MR) is 59.2 cm³/mol. The summed E-state index contributed by atoms with van der Waals surface area (Å²) in [7, 11) is 1.27. The van der Waals surface area contributed by atoms with Gasteiger partial charge in [0.15, 0.2) is 0 Å². The number of phenols is 1. The average Bonchev–Trinajstić information content (AvgIpc) is 2.28. The summed E-state index contributed by atoms with van der Waals surface area (Å²) >= 11 is 0. The number of methoxy groups -OCH3 is 1. The topological polar surface area (TPSA) is 85.4 Å². The largest absolute Gasteiger partial charge is 0.506 e. The molecule has 2 aromatic rings. The van der Waals surface area contributed by atoms with E-state index in [2.05, 4.69) is 9.72 Å². The van der Waals surface area contributed by atoms with Gasteiger partial charge in [0.25, 0.3) is 0 Å². The highest BCUT2D eigenvalue weighted by Crippen LogP contribution is 2.28. The molecule has 0 bridgehead atoms. The summed E-state index contributed by atoms with van der Waals surface area (Å²) in [5.41, 5.74) is 6.45. The molecule has 16 heavy (non-hydrogen) atoms. The number of nitrogens with two attached hydrogens (primary N) is 1. The first-order valence-corrected chi connectivity index (χ1v) is 4.59. The van der Waals surface area contributed by atoms with E-state index in [1.165, 1.54) is 19.4 Å². The maximum absolute atomic E-state index is 11.5. The second kappa shape index (κ2) is 3.69. The first kappa shape index (κ1) is 10.2. The smallest absolute Gasteiger partial charge is 0.340 e. The standard InChI is InChI=1S/C11H10N2O3/c1-16-11(15)9-6-3-2-4-8(14)10(6)13-5-7(9)12/h2-5,14H,12H2,1H3. The normalized spacial score (nSPS) is 10.3. The van der Waals surface area contributed by atoms with Crippen molar-refractivity contribution in [2.75, 3.05) is 12.8 Å². The first-order chi connectivity index (χ1) is 7.65. The molecule has 3 N–H and O–H groups in total. The van der Waals surface area contributed by atoms with E-state index in [0.717, 1.165) is 0 Å². The molecule has 0 amide bonds. The van der Waals surface area contributed by atoms with E-state index in [1.54, 1.807) is 12.1 Å². The minimum atomic E-state index is -0.546. The van der Waals surface area contributed by atoms with Crippen LogP contribution in [0.2, 0.25) is 0 Å². The van der Waals surface area contributed by atoms with Crippen LogP contribution < -0.4 is 5.73 Å². The molecule has 5 nitrogen and oxygen atoms in total. The highest BCUT2D eigenvalue weighted by Gasteiger charge is 2.16. The molecule has 82 valence electrons. The van der Waals surface area contributed by atoms with Gasteiger partial charge >= 0.3 is 5.97 Å². The number of hydrogen-bond acceptors (Lipinski definition) is 5. The molecule has 0 spiro atoms. The fourth-order valence-corrected chi connectivity index (χ4v) is 1.55. The van der Waals surface area contributed by atoms with Crippen molar-refractivity contribution >= 4 is 22.6 Å². The number of hydrogen-bond donors (Lipinski definition) is 2. The van der Waals surface area contributed by atoms with Crippen molar-refractivity contribution in [3.05, 3.63) is 30.0 Å². The van der Waals surface area contributed by atoms with Crippen molar-refractivity contribution in [3.63, 3.8) is 0 Å². The average molecular weight is 218 g/mol. The minimum Gasteiger partial charge on any atom is -0.506 e. The van der Waals surface area contributed by atoms with Crippen molar-refractivity contribution in [2.45, 2.75) is 0 Å². The Labute approximate surface area is 91.5 Å². The number of aromatic nitrogens is 1. The number of fused-ring (bicyclic) bond motifs is 1. The van der Waals surface area contributed by atoms with Crippen molar-refractivity contribution in [2.24, 2.45) is 0 Å². The number of esters is 1. The highest BCUT2D eigenvalue weighted by molar-refractivity contribution is 6.08. The highest BCUT2D eigenvalue weighted by atomic mass is 16.5. The summed E-state index contributed by atoms with van der Waals surface area (Å²) in [6, 6.07) is 4.77. The zero-order chi connectivity index (χ0) is 11.7. The first-order valence-electron chi connectivity index (χ1n) is 4.59. The number of pyridine rings is 1. The number of nitrogen functional groups attached to an aromatic ring is 1. The van der Waals surface area contributed by atoms with Crippen molar-refractivity contribution < 1.29 is 14.6 Å². The zero-order valence-corrected chi connectivity index (χ0v) is 8.60. The van der Waals surface area contributed by atoms with E-state index in [4.69, 9.17) is 5.73 Å². The number of rotatable bonds is 1. The van der Waals surface area contributed by atoms with Gasteiger partial charge in [-0.25, -0.2) is 4.79 Å². The van der Waals surface area contributed by atoms with Gasteiger partial charge in [-0.1, -0.05) is 12.1 Å². The molecule has 0 saturated heterocycles. The van der Waals surface area contributed by atoms with E-state index in [9.17, 15) is 9.90 Å². The van der Waals surface area contributed by atoms with E-state index >= 15 is 0 Å². The molecule has 0 unspecified atom stereocenters. The minimum absolute atomic E-state index is 0.00246. The second-order valence-corrected chi connectivity index (χ2v) is 3.25. The monoisotopic (exact) mass is 218 g/mol. The van der Waals surface area contributed by atoms with Gasteiger partial charge in [0, 0.05) is 5.39 Å². The number of ether oxygens (including phenoxy) is 1. The Balaban J connectivity index is 2.85. The Kier molecular flexibility index (Phi) is 2.36. The van der Waals surface area contributed by atoms with Crippen molar-refractivity contribution in [1.82, 2.24) is 4.98 Å². The molecular weight excluding hydrogens is 208 g/mol. The second-order valence-electron chi connectivity index (χ2n) is 3.25. The van der Waals surface area contributed by atoms with Crippen LogP contribution in [0, 0.1) is 0 Å². The van der Waals surface area contributed by atoms with Gasteiger partial charge in [-0.2, -0.15) is 0 Å². The van der Waals surface area contributed by atoms with Crippen molar-refractivity contribution in [1.29, 1.82) is 0 Å². The van der Waals surface area contributed by atoms with Crippen LogP contribution in [0.3, 0.4) is 0 Å². The Morgan fingerprint density at radius 2 is 2.25 bits per heavy atom. The van der Waals surface area contributed by atoms with Gasteiger partial charge in [-0.15, -0.1) is 0 Å². The number of benzene rings is 1. The molecule has 0 atom stereocenters. The number of aromatic hydroxyl groups is 1. The summed E-state index contributed by atoms with van der Waals surface area (Å²) in [6.45, 7) is 0. The number of anilines is 1. The molecule has 2 rings (SSSR count). The van der Waals surface area contributed by atoms with Crippen LogP contribution in [0.15, 0.2) is 24.4 Å². The molecule has 0 aliphatic carbocycles. The summed E-state index contributed by atoms with van der Waals surface area (Å²) in [5, 5.41) is 10.1. The number of carbonyl (C=O) groups is 1. The number of phenolic OH excluding ortho intramolecular Hbond substituents is 1. The Morgan fingerprint density at radius 3 is 2.94 bits per heavy atom. The van der Waals surface area contributed by atoms with Gasteiger partial charge in [0.2, 0.25) is 0 Å². The number of nitrogens with zero attached hydrogens (tertiary/aromatic N) is 1. The lowest BCUT2D eigenvalue weighted by Crippen LogP contribution is -2.07. The molecule has 5 heteroatoms. The fraction of sp³-hybridized carbons (Fsp3) is 0.0909. The summed E-state index contributed by atoms with van der Waals surface area (Å²) in [6.07, 6.45) is 1.33. The quantitative estimate of drug-likeness (QED) is 0.705.